The zero-order valence-electron chi connectivity index (χ0n) is 34.0. The number of aromatic nitrogens is 1. The lowest BCUT2D eigenvalue weighted by atomic mass is 9.93. The third-order valence-corrected chi connectivity index (χ3v) is 12.5. The Hall–Kier alpha value is -8.20. The summed E-state index contributed by atoms with van der Waals surface area (Å²) in [5, 5.41) is 10.0. The Morgan fingerprint density at radius 2 is 0.871 bits per heavy atom. The van der Waals surface area contributed by atoms with E-state index >= 15 is 0 Å². The van der Waals surface area contributed by atoms with Gasteiger partial charge in [0.1, 0.15) is 0 Å². The van der Waals surface area contributed by atoms with Crippen LogP contribution in [0.5, 0.6) is 0 Å². The van der Waals surface area contributed by atoms with Gasteiger partial charge in [-0.1, -0.05) is 182 Å². The first-order valence-corrected chi connectivity index (χ1v) is 21.3. The van der Waals surface area contributed by atoms with E-state index in [0.29, 0.717) is 0 Å². The van der Waals surface area contributed by atoms with Gasteiger partial charge in [-0.2, -0.15) is 0 Å². The second kappa shape index (κ2) is 14.8. The lowest BCUT2D eigenvalue weighted by Crippen LogP contribution is -2.10. The quantitative estimate of drug-likeness (QED) is 0.146. The lowest BCUT2D eigenvalue weighted by molar-refractivity contribution is 1.19. The van der Waals surface area contributed by atoms with Crippen LogP contribution in [0.4, 0.5) is 17.1 Å². The average molecular weight is 789 g/mol. The van der Waals surface area contributed by atoms with E-state index in [1.807, 2.05) is 0 Å². The van der Waals surface area contributed by atoms with Gasteiger partial charge in [-0.05, 0) is 121 Å². The molecule has 0 bridgehead atoms. The summed E-state index contributed by atoms with van der Waals surface area (Å²) in [4.78, 5) is 2.39. The molecule has 12 rings (SSSR count). The van der Waals surface area contributed by atoms with Crippen molar-refractivity contribution >= 4 is 71.2 Å². The summed E-state index contributed by atoms with van der Waals surface area (Å²) in [6.07, 6.45) is 0. The second-order valence-electron chi connectivity index (χ2n) is 16.1. The van der Waals surface area contributed by atoms with E-state index in [0.717, 1.165) is 22.7 Å². The van der Waals surface area contributed by atoms with Crippen LogP contribution in [0, 0.1) is 0 Å². The molecule has 0 atom stereocenters. The molecular weight excluding hydrogens is 749 g/mol. The maximum Gasteiger partial charge on any atom is 0.0619 e. The molecule has 0 radical (unpaired) electrons. The number of rotatable bonds is 7. The molecule has 0 unspecified atom stereocenters. The van der Waals surface area contributed by atoms with Crippen LogP contribution in [0.2, 0.25) is 0 Å². The largest absolute Gasteiger partial charge is 0.310 e. The van der Waals surface area contributed by atoms with Crippen molar-refractivity contribution in [3.63, 3.8) is 0 Å². The Bertz CT molecular complexity index is 3600. The van der Waals surface area contributed by atoms with E-state index in [2.05, 4.69) is 252 Å². The van der Waals surface area contributed by atoms with E-state index < -0.39 is 0 Å². The van der Waals surface area contributed by atoms with E-state index in [-0.39, 0.29) is 0 Å². The Kier molecular flexibility index (Phi) is 8.53. The molecule has 0 aliphatic rings. The normalized spacial score (nSPS) is 11.5. The van der Waals surface area contributed by atoms with E-state index in [4.69, 9.17) is 0 Å². The second-order valence-corrected chi connectivity index (χ2v) is 16.1. The van der Waals surface area contributed by atoms with Gasteiger partial charge in [0.05, 0.1) is 11.0 Å². The molecule has 0 amide bonds. The summed E-state index contributed by atoms with van der Waals surface area (Å²) in [6, 6.07) is 88.4. The molecule has 11 aromatic carbocycles. The van der Waals surface area contributed by atoms with Gasteiger partial charge in [-0.25, -0.2) is 0 Å². The van der Waals surface area contributed by atoms with Crippen molar-refractivity contribution in [3.05, 3.63) is 243 Å². The number of hydrogen-bond acceptors (Lipinski definition) is 1. The molecule has 0 fully saturated rings. The monoisotopic (exact) mass is 788 g/mol. The summed E-state index contributed by atoms with van der Waals surface area (Å²) in [5.74, 6) is 0. The molecular formula is C60H40N2. The van der Waals surface area contributed by atoms with Gasteiger partial charge in [-0.15, -0.1) is 0 Å². The molecule has 0 spiro atoms. The first kappa shape index (κ1) is 35.7. The zero-order valence-corrected chi connectivity index (χ0v) is 34.0. The Morgan fingerprint density at radius 3 is 1.63 bits per heavy atom. The molecule has 12 aromatic rings. The molecule has 0 N–H and O–H groups in total. The molecule has 1 aromatic heterocycles. The fourth-order valence-corrected chi connectivity index (χ4v) is 9.69. The first-order chi connectivity index (χ1) is 30.8. The van der Waals surface area contributed by atoms with Gasteiger partial charge in [0.25, 0.3) is 0 Å². The zero-order chi connectivity index (χ0) is 41.0. The highest BCUT2D eigenvalue weighted by atomic mass is 15.1. The fourth-order valence-electron chi connectivity index (χ4n) is 9.69. The van der Waals surface area contributed by atoms with Gasteiger partial charge in [0.2, 0.25) is 0 Å². The summed E-state index contributed by atoms with van der Waals surface area (Å²) < 4.78 is 2.45. The van der Waals surface area contributed by atoms with Gasteiger partial charge in [0, 0.05) is 38.9 Å². The number of nitrogens with zero attached hydrogens (tertiary/aromatic N) is 2. The third kappa shape index (κ3) is 5.96. The molecule has 2 heteroatoms. The number of fused-ring (bicyclic) bond motifs is 8. The van der Waals surface area contributed by atoms with Crippen LogP contribution >= 0.6 is 0 Å². The highest BCUT2D eigenvalue weighted by molar-refractivity contribution is 6.22. The predicted octanol–water partition coefficient (Wildman–Crippen LogP) is 16.7. The predicted molar refractivity (Wildman–Crippen MR) is 264 cm³/mol. The number of anilines is 3. The SMILES string of the molecule is c1ccc(-c2ccc(N(c3ccc(-c4cc5ccccc5c5ccccc45)cc3)c3cccc(-c4cccc5c4c4ccc6ccccc6c4n5-c4ccccc4)c3)cc2)cc1. The number of para-hydroxylation sites is 1. The first-order valence-electron chi connectivity index (χ1n) is 21.3. The molecule has 0 aliphatic carbocycles. The molecule has 1 heterocycles. The third-order valence-electron chi connectivity index (χ3n) is 12.5. The minimum absolute atomic E-state index is 1.09. The van der Waals surface area contributed by atoms with Crippen LogP contribution in [0.1, 0.15) is 0 Å². The van der Waals surface area contributed by atoms with Crippen LogP contribution in [0.3, 0.4) is 0 Å². The van der Waals surface area contributed by atoms with Crippen LogP contribution in [0.15, 0.2) is 243 Å². The van der Waals surface area contributed by atoms with Crippen LogP contribution in [-0.2, 0) is 0 Å². The fraction of sp³-hybridized carbons (Fsp3) is 0. The van der Waals surface area contributed by atoms with Crippen LogP contribution in [0.25, 0.3) is 93.2 Å². The van der Waals surface area contributed by atoms with Crippen molar-refractivity contribution in [2.75, 3.05) is 4.90 Å². The summed E-state index contributed by atoms with van der Waals surface area (Å²) in [6.45, 7) is 0. The molecule has 0 saturated heterocycles. The average Bonchev–Trinajstić information content (AvgIpc) is 3.70. The number of hydrogen-bond donors (Lipinski definition) is 0. The Labute approximate surface area is 360 Å². The highest BCUT2D eigenvalue weighted by Crippen LogP contribution is 2.44. The summed E-state index contributed by atoms with van der Waals surface area (Å²) in [5.41, 5.74) is 14.0. The van der Waals surface area contributed by atoms with Crippen molar-refractivity contribution in [2.24, 2.45) is 0 Å². The Morgan fingerprint density at radius 1 is 0.290 bits per heavy atom. The summed E-state index contributed by atoms with van der Waals surface area (Å²) >= 11 is 0. The van der Waals surface area contributed by atoms with Gasteiger partial charge < -0.3 is 9.47 Å². The summed E-state index contributed by atoms with van der Waals surface area (Å²) in [7, 11) is 0. The Balaban J connectivity index is 1.03. The maximum atomic E-state index is 2.45. The van der Waals surface area contributed by atoms with Crippen LogP contribution in [-0.4, -0.2) is 4.57 Å². The molecule has 2 nitrogen and oxygen atoms in total. The molecule has 0 aliphatic heterocycles. The van der Waals surface area contributed by atoms with Gasteiger partial charge >= 0.3 is 0 Å². The van der Waals surface area contributed by atoms with Crippen molar-refractivity contribution in [2.45, 2.75) is 0 Å². The van der Waals surface area contributed by atoms with Crippen molar-refractivity contribution in [1.29, 1.82) is 0 Å². The van der Waals surface area contributed by atoms with Crippen molar-refractivity contribution in [1.82, 2.24) is 4.57 Å². The van der Waals surface area contributed by atoms with Gasteiger partial charge in [0.15, 0.2) is 0 Å². The number of benzene rings is 11. The minimum atomic E-state index is 1.09. The molecule has 62 heavy (non-hydrogen) atoms. The maximum absolute atomic E-state index is 2.45. The van der Waals surface area contributed by atoms with Crippen molar-refractivity contribution in [3.8, 4) is 39.1 Å². The van der Waals surface area contributed by atoms with E-state index in [1.54, 1.807) is 0 Å². The lowest BCUT2D eigenvalue weighted by Gasteiger charge is -2.26. The minimum Gasteiger partial charge on any atom is -0.310 e. The molecule has 290 valence electrons. The molecule has 0 saturated carbocycles. The van der Waals surface area contributed by atoms with E-state index in [1.165, 1.54) is 87.5 Å². The van der Waals surface area contributed by atoms with E-state index in [9.17, 15) is 0 Å². The van der Waals surface area contributed by atoms with Gasteiger partial charge in [-0.3, -0.25) is 0 Å². The standard InChI is InChI=1S/C60H40N2/c1-3-15-41(16-4-1)42-29-34-48(35-30-42)61(49-36-31-44(32-37-49)57-40-46-18-8-9-23-51(46)54-25-11-12-26-55(54)57)50-22-13-19-45(39-50)52-27-14-28-58-59(52)56-38-33-43-17-7-10-24-53(43)60(56)62(58)47-20-5-2-6-21-47/h1-40H. The topological polar surface area (TPSA) is 8.17 Å². The van der Waals surface area contributed by atoms with Crippen LogP contribution < -0.4 is 4.90 Å². The highest BCUT2D eigenvalue weighted by Gasteiger charge is 2.20. The van der Waals surface area contributed by atoms with Crippen molar-refractivity contribution < 1.29 is 0 Å². The smallest absolute Gasteiger partial charge is 0.0619 e.